The van der Waals surface area contributed by atoms with Crippen molar-refractivity contribution in [1.29, 1.82) is 0 Å². The minimum Gasteiger partial charge on any atom is -0.406 e. The molecule has 1 atom stereocenters. The van der Waals surface area contributed by atoms with Crippen molar-refractivity contribution < 1.29 is 14.3 Å². The smallest absolute Gasteiger partial charge is 0.406 e. The number of ether oxygens (including phenoxy) is 1. The summed E-state index contributed by atoms with van der Waals surface area (Å²) in [6.07, 6.45) is 8.93. The highest BCUT2D eigenvalue weighted by Crippen LogP contribution is 2.35. The van der Waals surface area contributed by atoms with Crippen molar-refractivity contribution in [2.24, 2.45) is 0 Å². The molecule has 2 aliphatic rings. The second-order valence-electron chi connectivity index (χ2n) is 5.54. The highest BCUT2D eigenvalue weighted by atomic mass is 16.6. The van der Waals surface area contributed by atoms with E-state index in [4.69, 9.17) is 4.74 Å². The average Bonchev–Trinajstić information content (AvgIpc) is 2.93. The molecule has 23 heavy (non-hydrogen) atoms. The van der Waals surface area contributed by atoms with E-state index in [9.17, 15) is 9.59 Å². The van der Waals surface area contributed by atoms with Gasteiger partial charge in [0.15, 0.2) is 5.69 Å². The van der Waals surface area contributed by atoms with Gasteiger partial charge < -0.3 is 4.74 Å². The number of hydrogen-bond acceptors (Lipinski definition) is 3. The van der Waals surface area contributed by atoms with Gasteiger partial charge >= 0.3 is 6.09 Å². The number of allylic oxidation sites excluding steroid dienone is 4. The number of carbonyl (C=O) groups is 1. The van der Waals surface area contributed by atoms with Crippen LogP contribution in [0.3, 0.4) is 0 Å². The van der Waals surface area contributed by atoms with Crippen LogP contribution in [-0.2, 0) is 9.53 Å². The summed E-state index contributed by atoms with van der Waals surface area (Å²) in [6, 6.07) is 7.86. The third kappa shape index (κ3) is 2.52. The van der Waals surface area contributed by atoms with Crippen LogP contribution >= 0.6 is 0 Å². The maximum Gasteiger partial charge on any atom is 0.460 e. The lowest BCUT2D eigenvalue weighted by atomic mass is 10.1. The van der Waals surface area contributed by atoms with Crippen LogP contribution in [0.2, 0.25) is 0 Å². The summed E-state index contributed by atoms with van der Waals surface area (Å²) in [7, 11) is 3.56. The van der Waals surface area contributed by atoms with E-state index in [0.29, 0.717) is 12.0 Å². The van der Waals surface area contributed by atoms with Gasteiger partial charge in [0, 0.05) is 24.1 Å². The predicted molar refractivity (Wildman–Crippen MR) is 88.5 cm³/mol. The van der Waals surface area contributed by atoms with Gasteiger partial charge in [-0.2, -0.15) is 4.59 Å². The number of para-hydroxylation sites is 1. The molecule has 1 amide bonds. The molecule has 5 heteroatoms. The minimum atomic E-state index is -0.539. The zero-order valence-corrected chi connectivity index (χ0v) is 13.0. The molecule has 0 N–H and O–H groups in total. The molecule has 1 aliphatic carbocycles. The van der Waals surface area contributed by atoms with Crippen LogP contribution < -0.4 is 4.59 Å². The van der Waals surface area contributed by atoms with Gasteiger partial charge in [-0.3, -0.25) is 0 Å². The average molecular weight is 309 g/mol. The molecule has 0 radical (unpaired) electrons. The van der Waals surface area contributed by atoms with E-state index in [1.54, 1.807) is 19.2 Å². The molecular weight excluding hydrogens is 292 g/mol. The molecular formula is C18H17N2O3+. The number of quaternary nitrogens is 1. The molecule has 0 saturated carbocycles. The van der Waals surface area contributed by atoms with Crippen LogP contribution in [0.4, 0.5) is 10.5 Å². The second kappa shape index (κ2) is 5.72. The summed E-state index contributed by atoms with van der Waals surface area (Å²) in [4.78, 5) is 23.5. The number of carbonyl (C=O) groups excluding carboxylic acids is 2. The lowest BCUT2D eigenvalue weighted by molar-refractivity contribution is 0.0646. The first-order chi connectivity index (χ1) is 11.1. The lowest BCUT2D eigenvalue weighted by Crippen LogP contribution is -2.54. The predicted octanol–water partition coefficient (Wildman–Crippen LogP) is 3.19. The zero-order valence-electron chi connectivity index (χ0n) is 13.0. The van der Waals surface area contributed by atoms with Gasteiger partial charge in [-0.15, -0.1) is 5.01 Å². The van der Waals surface area contributed by atoms with Crippen LogP contribution in [0.25, 0.3) is 6.08 Å². The van der Waals surface area contributed by atoms with Gasteiger partial charge in [-0.05, 0) is 12.1 Å². The van der Waals surface area contributed by atoms with E-state index in [-0.39, 0.29) is 10.4 Å². The number of amides is 1. The number of fused-ring (bicyclic) bond motifs is 1. The second-order valence-corrected chi connectivity index (χ2v) is 5.54. The van der Waals surface area contributed by atoms with E-state index in [2.05, 4.69) is 0 Å². The first-order valence-corrected chi connectivity index (χ1v) is 7.28. The Morgan fingerprint density at radius 2 is 2.13 bits per heavy atom. The molecule has 0 fully saturated rings. The van der Waals surface area contributed by atoms with Crippen molar-refractivity contribution in [2.45, 2.75) is 6.42 Å². The van der Waals surface area contributed by atoms with E-state index in [0.717, 1.165) is 11.3 Å². The van der Waals surface area contributed by atoms with Crippen molar-refractivity contribution in [3.8, 4) is 0 Å². The van der Waals surface area contributed by atoms with Crippen molar-refractivity contribution >= 4 is 23.8 Å². The molecule has 0 saturated heterocycles. The van der Waals surface area contributed by atoms with Gasteiger partial charge in [0.25, 0.3) is 0 Å². The molecule has 3 rings (SSSR count). The summed E-state index contributed by atoms with van der Waals surface area (Å²) in [5.74, 6) is 2.08. The van der Waals surface area contributed by atoms with Crippen LogP contribution in [0.1, 0.15) is 12.0 Å². The Bertz CT molecular complexity index is 800. The van der Waals surface area contributed by atoms with Crippen LogP contribution in [-0.4, -0.2) is 31.1 Å². The topological polar surface area (TPSA) is 46.6 Å². The third-order valence-corrected chi connectivity index (χ3v) is 4.18. The first-order valence-electron chi connectivity index (χ1n) is 7.28. The summed E-state index contributed by atoms with van der Waals surface area (Å²) < 4.78 is 5.58. The Kier molecular flexibility index (Phi) is 3.74. The third-order valence-electron chi connectivity index (χ3n) is 4.18. The highest BCUT2D eigenvalue weighted by Gasteiger charge is 2.39. The van der Waals surface area contributed by atoms with E-state index in [1.807, 2.05) is 55.6 Å². The molecule has 0 aromatic heterocycles. The zero-order chi connectivity index (χ0) is 16.4. The van der Waals surface area contributed by atoms with Crippen molar-refractivity contribution in [3.05, 3.63) is 65.6 Å². The van der Waals surface area contributed by atoms with Crippen LogP contribution in [0, 0.1) is 0 Å². The fourth-order valence-corrected chi connectivity index (χ4v) is 2.67. The summed E-state index contributed by atoms with van der Waals surface area (Å²) in [5.41, 5.74) is 2.38. The van der Waals surface area contributed by atoms with E-state index in [1.165, 1.54) is 5.01 Å². The van der Waals surface area contributed by atoms with Crippen molar-refractivity contribution in [3.63, 3.8) is 0 Å². The molecule has 1 heterocycles. The SMILES string of the molecule is CN(C(=O)OC1=CC=CCC1=C=O)[N+]1(C)C=Cc2ccccc21. The molecule has 5 nitrogen and oxygen atoms in total. The van der Waals surface area contributed by atoms with Gasteiger partial charge in [0.2, 0.25) is 0 Å². The Balaban J connectivity index is 1.84. The fourth-order valence-electron chi connectivity index (χ4n) is 2.67. The van der Waals surface area contributed by atoms with Crippen LogP contribution in [0.15, 0.2) is 60.0 Å². The maximum atomic E-state index is 12.5. The quantitative estimate of drug-likeness (QED) is 0.622. The fraction of sp³-hybridized carbons (Fsp3) is 0.167. The maximum absolute atomic E-state index is 12.5. The molecule has 1 unspecified atom stereocenters. The number of hydrogen-bond donors (Lipinski definition) is 0. The Morgan fingerprint density at radius 1 is 1.35 bits per heavy atom. The van der Waals surface area contributed by atoms with Gasteiger partial charge in [0.05, 0.1) is 12.6 Å². The van der Waals surface area contributed by atoms with Crippen LogP contribution in [0.5, 0.6) is 0 Å². The first kappa shape index (κ1) is 15.0. The van der Waals surface area contributed by atoms with E-state index < -0.39 is 6.09 Å². The molecule has 1 aliphatic heterocycles. The Hall–Kier alpha value is -2.88. The molecule has 1 aromatic rings. The highest BCUT2D eigenvalue weighted by molar-refractivity contribution is 5.78. The van der Waals surface area contributed by atoms with Crippen molar-refractivity contribution in [1.82, 2.24) is 9.60 Å². The molecule has 1 aromatic carbocycles. The number of rotatable bonds is 2. The Labute approximate surface area is 134 Å². The molecule has 116 valence electrons. The summed E-state index contributed by atoms with van der Waals surface area (Å²) in [6.45, 7) is 0. The minimum absolute atomic E-state index is 0.179. The summed E-state index contributed by atoms with van der Waals surface area (Å²) >= 11 is 0. The number of nitrogens with zero attached hydrogens (tertiary/aromatic N) is 2. The van der Waals surface area contributed by atoms with Gasteiger partial charge in [0.1, 0.15) is 24.9 Å². The van der Waals surface area contributed by atoms with Gasteiger partial charge in [-0.25, -0.2) is 9.59 Å². The Morgan fingerprint density at radius 3 is 2.91 bits per heavy atom. The lowest BCUT2D eigenvalue weighted by Gasteiger charge is -2.34. The normalized spacial score (nSPS) is 21.5. The molecule has 0 bridgehead atoms. The monoisotopic (exact) mass is 309 g/mol. The standard InChI is InChI=1S/C18H17N2O3/c1-19(18(22)23-17-10-6-4-8-15(17)13-21)20(2)12-11-14-7-3-5-9-16(14)20/h3-7,9-12H,8H2,1-2H3/q+1. The largest absolute Gasteiger partial charge is 0.460 e. The summed E-state index contributed by atoms with van der Waals surface area (Å²) in [5, 5.41) is 1.48. The number of benzene rings is 1. The van der Waals surface area contributed by atoms with E-state index >= 15 is 0 Å². The van der Waals surface area contributed by atoms with Crippen molar-refractivity contribution in [2.75, 3.05) is 14.1 Å². The molecule has 0 spiro atoms. The van der Waals surface area contributed by atoms with Gasteiger partial charge in [-0.1, -0.05) is 24.3 Å².